The maximum Gasteiger partial charge on any atom is 0.262 e. The summed E-state index contributed by atoms with van der Waals surface area (Å²) in [5.74, 6) is 0.667. The number of aryl methyl sites for hydroxylation is 1. The van der Waals surface area contributed by atoms with Crippen molar-refractivity contribution < 1.29 is 4.74 Å². The van der Waals surface area contributed by atoms with Gasteiger partial charge in [-0.1, -0.05) is 18.2 Å². The first-order chi connectivity index (χ1) is 15.6. The molecular formula is C23H25N7O2. The van der Waals surface area contributed by atoms with Gasteiger partial charge in [-0.2, -0.15) is 10.2 Å². The van der Waals surface area contributed by atoms with Crippen molar-refractivity contribution in [1.29, 1.82) is 0 Å². The summed E-state index contributed by atoms with van der Waals surface area (Å²) in [5.41, 5.74) is 3.56. The number of para-hydroxylation sites is 1. The number of nitrogens with zero attached hydrogens (tertiary/aromatic N) is 6. The van der Waals surface area contributed by atoms with Crippen LogP contribution in [-0.2, 0) is 30.4 Å². The molecule has 0 radical (unpaired) electrons. The number of nitrogens with one attached hydrogen (secondary N) is 1. The number of hydrogen-bond acceptors (Lipinski definition) is 6. The predicted octanol–water partition coefficient (Wildman–Crippen LogP) is 1.91. The first-order valence-corrected chi connectivity index (χ1v) is 11.0. The van der Waals surface area contributed by atoms with Crippen molar-refractivity contribution >= 4 is 11.0 Å². The number of rotatable bonds is 3. The molecule has 4 aromatic rings. The van der Waals surface area contributed by atoms with Gasteiger partial charge in [-0.15, -0.1) is 0 Å². The number of ether oxygens (including phenoxy) is 1. The quantitative estimate of drug-likeness (QED) is 0.533. The normalized spacial score (nSPS) is 18.3. The molecular weight excluding hydrogens is 406 g/mol. The van der Waals surface area contributed by atoms with Crippen LogP contribution in [-0.4, -0.2) is 54.1 Å². The molecule has 1 saturated heterocycles. The molecule has 3 aromatic heterocycles. The van der Waals surface area contributed by atoms with Crippen molar-refractivity contribution in [2.75, 3.05) is 19.7 Å². The third-order valence-corrected chi connectivity index (χ3v) is 6.68. The molecule has 9 nitrogen and oxygen atoms in total. The van der Waals surface area contributed by atoms with E-state index in [1.807, 2.05) is 22.9 Å². The van der Waals surface area contributed by atoms with E-state index in [-0.39, 0.29) is 11.2 Å². The summed E-state index contributed by atoms with van der Waals surface area (Å²) in [4.78, 5) is 22.2. The molecule has 0 amide bonds. The average molecular weight is 432 g/mol. The number of aromatic amines is 1. The zero-order chi connectivity index (χ0) is 21.7. The molecule has 6 rings (SSSR count). The minimum atomic E-state index is -0.336. The highest BCUT2D eigenvalue weighted by Gasteiger charge is 2.43. The Kier molecular flexibility index (Phi) is 4.48. The number of H-pyrrole nitrogens is 1. The molecule has 0 saturated carbocycles. The van der Waals surface area contributed by atoms with Crippen molar-refractivity contribution in [1.82, 2.24) is 34.4 Å². The maximum atomic E-state index is 12.4. The van der Waals surface area contributed by atoms with E-state index in [9.17, 15) is 4.79 Å². The molecule has 0 aliphatic carbocycles. The first kappa shape index (κ1) is 19.4. The number of hydrogen-bond donors (Lipinski definition) is 1. The Labute approximate surface area is 184 Å². The minimum absolute atomic E-state index is 0.140. The van der Waals surface area contributed by atoms with Gasteiger partial charge in [-0.25, -0.2) is 9.67 Å². The summed E-state index contributed by atoms with van der Waals surface area (Å²) in [6, 6.07) is 10.2. The van der Waals surface area contributed by atoms with E-state index < -0.39 is 0 Å². The molecule has 0 atom stereocenters. The van der Waals surface area contributed by atoms with Crippen LogP contribution in [0.4, 0.5) is 0 Å². The van der Waals surface area contributed by atoms with Crippen molar-refractivity contribution in [3.63, 3.8) is 0 Å². The van der Waals surface area contributed by atoms with Gasteiger partial charge in [0.15, 0.2) is 5.65 Å². The molecule has 1 N–H and O–H groups in total. The second kappa shape index (κ2) is 7.39. The highest BCUT2D eigenvalue weighted by molar-refractivity contribution is 5.72. The predicted molar refractivity (Wildman–Crippen MR) is 119 cm³/mol. The van der Waals surface area contributed by atoms with E-state index in [0.717, 1.165) is 50.3 Å². The van der Waals surface area contributed by atoms with Crippen LogP contribution in [0.15, 0.2) is 47.5 Å². The fraction of sp³-hybridized carbons (Fsp3) is 0.391. The molecule has 0 unspecified atom stereocenters. The van der Waals surface area contributed by atoms with E-state index >= 15 is 0 Å². The summed E-state index contributed by atoms with van der Waals surface area (Å²) in [6.07, 6.45) is 6.33. The number of piperidine rings is 1. The lowest BCUT2D eigenvalue weighted by Gasteiger charge is -2.42. The Morgan fingerprint density at radius 1 is 1.19 bits per heavy atom. The van der Waals surface area contributed by atoms with Crippen LogP contribution < -0.4 is 5.56 Å². The maximum absolute atomic E-state index is 12.4. The van der Waals surface area contributed by atoms with Crippen LogP contribution in [0.2, 0.25) is 0 Å². The fourth-order valence-electron chi connectivity index (χ4n) is 4.93. The lowest BCUT2D eigenvalue weighted by molar-refractivity contribution is -0.102. The van der Waals surface area contributed by atoms with Gasteiger partial charge in [0.1, 0.15) is 16.8 Å². The van der Waals surface area contributed by atoms with Crippen LogP contribution in [0.25, 0.3) is 16.7 Å². The fourth-order valence-corrected chi connectivity index (χ4v) is 4.93. The van der Waals surface area contributed by atoms with Crippen LogP contribution in [0.5, 0.6) is 0 Å². The molecule has 2 aliphatic heterocycles. The van der Waals surface area contributed by atoms with Gasteiger partial charge >= 0.3 is 0 Å². The number of fused-ring (bicyclic) bond motifs is 3. The van der Waals surface area contributed by atoms with Crippen molar-refractivity contribution in [3.05, 3.63) is 70.2 Å². The molecule has 1 fully saturated rings. The van der Waals surface area contributed by atoms with E-state index in [0.29, 0.717) is 23.4 Å². The monoisotopic (exact) mass is 431 g/mol. The van der Waals surface area contributed by atoms with E-state index in [1.165, 1.54) is 5.56 Å². The van der Waals surface area contributed by atoms with Crippen molar-refractivity contribution in [2.45, 2.75) is 31.4 Å². The molecule has 0 bridgehead atoms. The largest absolute Gasteiger partial charge is 0.368 e. The summed E-state index contributed by atoms with van der Waals surface area (Å²) >= 11 is 0. The first-order valence-electron chi connectivity index (χ1n) is 11.0. The van der Waals surface area contributed by atoms with E-state index in [4.69, 9.17) is 9.84 Å². The number of likely N-dealkylation sites (tertiary alicyclic amines) is 1. The topological polar surface area (TPSA) is 93.9 Å². The highest BCUT2D eigenvalue weighted by atomic mass is 16.5. The molecule has 164 valence electrons. The average Bonchev–Trinajstić information content (AvgIpc) is 3.42. The smallest absolute Gasteiger partial charge is 0.262 e. The summed E-state index contributed by atoms with van der Waals surface area (Å²) in [6.45, 7) is 3.02. The zero-order valence-corrected chi connectivity index (χ0v) is 18.0. The van der Waals surface area contributed by atoms with Gasteiger partial charge in [0.25, 0.3) is 5.56 Å². The standard InChI is InChI=1S/C23H25N7O2/c1-28-21-18(13-24-28)22(31)26-19(25-21)15-29-10-8-23(9-11-29)20-16(7-12-32-23)14-30(27-20)17-5-3-2-4-6-17/h2-6,13-14H,7-12,15H2,1H3,(H,25,26,31). The van der Waals surface area contributed by atoms with Crippen LogP contribution in [0.1, 0.15) is 29.9 Å². The Morgan fingerprint density at radius 3 is 2.81 bits per heavy atom. The third-order valence-electron chi connectivity index (χ3n) is 6.68. The highest BCUT2D eigenvalue weighted by Crippen LogP contribution is 2.41. The summed E-state index contributed by atoms with van der Waals surface area (Å²) < 4.78 is 9.99. The molecule has 1 spiro atoms. The summed E-state index contributed by atoms with van der Waals surface area (Å²) in [5, 5.41) is 9.62. The van der Waals surface area contributed by atoms with Gasteiger partial charge in [-0.3, -0.25) is 14.4 Å². The van der Waals surface area contributed by atoms with Crippen molar-refractivity contribution in [2.24, 2.45) is 7.05 Å². The van der Waals surface area contributed by atoms with E-state index in [2.05, 4.69) is 38.3 Å². The second-order valence-electron chi connectivity index (χ2n) is 8.67. The van der Waals surface area contributed by atoms with Crippen LogP contribution in [0.3, 0.4) is 0 Å². The zero-order valence-electron chi connectivity index (χ0n) is 18.0. The van der Waals surface area contributed by atoms with Crippen molar-refractivity contribution in [3.8, 4) is 5.69 Å². The lowest BCUT2D eigenvalue weighted by Crippen LogP contribution is -2.46. The SMILES string of the molecule is Cn1ncc2c(=O)[nH]c(CN3CCC4(CC3)OCCc3cn(-c5ccccc5)nc34)nc21. The summed E-state index contributed by atoms with van der Waals surface area (Å²) in [7, 11) is 1.80. The number of benzene rings is 1. The molecule has 32 heavy (non-hydrogen) atoms. The van der Waals surface area contributed by atoms with Crippen LogP contribution in [0, 0.1) is 0 Å². The Bertz CT molecular complexity index is 1330. The molecule has 2 aliphatic rings. The third kappa shape index (κ3) is 3.16. The molecule has 9 heteroatoms. The van der Waals surface area contributed by atoms with Crippen LogP contribution >= 0.6 is 0 Å². The molecule has 1 aromatic carbocycles. The van der Waals surface area contributed by atoms with Gasteiger partial charge in [0.2, 0.25) is 0 Å². The number of aromatic nitrogens is 6. The van der Waals surface area contributed by atoms with Gasteiger partial charge < -0.3 is 9.72 Å². The lowest BCUT2D eigenvalue weighted by atomic mass is 9.84. The van der Waals surface area contributed by atoms with Gasteiger partial charge in [0, 0.05) is 26.3 Å². The van der Waals surface area contributed by atoms with Gasteiger partial charge in [-0.05, 0) is 37.0 Å². The second-order valence-corrected chi connectivity index (χ2v) is 8.67. The Balaban J connectivity index is 1.22. The Hall–Kier alpha value is -3.30. The minimum Gasteiger partial charge on any atom is -0.368 e. The van der Waals surface area contributed by atoms with Gasteiger partial charge in [0.05, 0.1) is 30.7 Å². The van der Waals surface area contributed by atoms with E-state index in [1.54, 1.807) is 17.9 Å². The molecule has 5 heterocycles. The Morgan fingerprint density at radius 2 is 2.00 bits per heavy atom.